The summed E-state index contributed by atoms with van der Waals surface area (Å²) in [7, 11) is 0. The molecule has 1 saturated heterocycles. The number of piperidine rings is 1. The lowest BCUT2D eigenvalue weighted by molar-refractivity contribution is 0.0774. The summed E-state index contributed by atoms with van der Waals surface area (Å²) >= 11 is 0. The van der Waals surface area contributed by atoms with E-state index in [1.165, 1.54) is 30.6 Å². The van der Waals surface area contributed by atoms with Gasteiger partial charge in [-0.25, -0.2) is 28.1 Å². The quantitative estimate of drug-likeness (QED) is 0.328. The van der Waals surface area contributed by atoms with Crippen LogP contribution in [0.2, 0.25) is 0 Å². The highest BCUT2D eigenvalue weighted by Crippen LogP contribution is 2.37. The second kappa shape index (κ2) is 10.2. The van der Waals surface area contributed by atoms with E-state index in [0.717, 1.165) is 6.07 Å². The van der Waals surface area contributed by atoms with Gasteiger partial charge < -0.3 is 14.4 Å². The summed E-state index contributed by atoms with van der Waals surface area (Å²) in [5, 5.41) is 9.79. The van der Waals surface area contributed by atoms with Crippen LogP contribution in [0.1, 0.15) is 18.3 Å². The molecule has 1 fully saturated rings. The number of fused-ring (bicyclic) bond motifs is 3. The maximum Gasteiger partial charge on any atom is 0.321 e. The van der Waals surface area contributed by atoms with Crippen LogP contribution in [0.4, 0.5) is 13.2 Å². The van der Waals surface area contributed by atoms with Gasteiger partial charge in [-0.3, -0.25) is 9.88 Å². The maximum atomic E-state index is 15.4. The Morgan fingerprint density at radius 1 is 1.03 bits per heavy atom. The fraction of sp³-hybridized carbons (Fsp3) is 0.286. The molecule has 0 saturated carbocycles. The molecule has 0 bridgehead atoms. The van der Waals surface area contributed by atoms with E-state index in [4.69, 9.17) is 4.74 Å². The van der Waals surface area contributed by atoms with Crippen molar-refractivity contribution in [2.75, 3.05) is 26.2 Å². The van der Waals surface area contributed by atoms with Gasteiger partial charge >= 0.3 is 6.01 Å². The summed E-state index contributed by atoms with van der Waals surface area (Å²) in [5.41, 5.74) is 1.62. The predicted octanol–water partition coefficient (Wildman–Crippen LogP) is 5.00. The second-order valence-electron chi connectivity index (χ2n) is 9.54. The molecule has 1 N–H and O–H groups in total. The summed E-state index contributed by atoms with van der Waals surface area (Å²) < 4.78 is 53.4. The van der Waals surface area contributed by atoms with Gasteiger partial charge in [0.2, 0.25) is 0 Å². The minimum atomic E-state index is -1.19. The Morgan fingerprint density at radius 2 is 1.82 bits per heavy atom. The largest absolute Gasteiger partial charge is 0.424 e. The number of rotatable bonds is 6. The predicted molar refractivity (Wildman–Crippen MR) is 139 cm³/mol. The fourth-order valence-electron chi connectivity index (χ4n) is 5.34. The van der Waals surface area contributed by atoms with Crippen molar-refractivity contribution in [1.29, 1.82) is 0 Å². The van der Waals surface area contributed by atoms with E-state index in [9.17, 15) is 5.11 Å². The van der Waals surface area contributed by atoms with Gasteiger partial charge in [-0.05, 0) is 37.6 Å². The number of β-amino-alcohol motifs (C(OH)–C–C–N with tert-alkyl or cyclic N) is 1. The third-order valence-corrected chi connectivity index (χ3v) is 7.10. The lowest BCUT2D eigenvalue weighted by atomic mass is 9.99. The molecule has 200 valence electrons. The number of aliphatic hydroxyl groups excluding tert-OH is 1. The Balaban J connectivity index is 1.43. The number of aromatic nitrogens is 5. The average Bonchev–Trinajstić information content (AvgIpc) is 3.25. The number of aliphatic hydroxyl groups is 1. The van der Waals surface area contributed by atoms with E-state index in [1.54, 1.807) is 25.3 Å². The minimum Gasteiger partial charge on any atom is -0.424 e. The zero-order chi connectivity index (χ0) is 27.1. The normalized spacial score (nSPS) is 18.2. The van der Waals surface area contributed by atoms with E-state index in [2.05, 4.69) is 19.9 Å². The van der Waals surface area contributed by atoms with Crippen molar-refractivity contribution in [1.82, 2.24) is 29.4 Å². The number of halogens is 3. The highest BCUT2D eigenvalue weighted by Gasteiger charge is 2.33. The van der Waals surface area contributed by atoms with Crippen molar-refractivity contribution >= 4 is 21.9 Å². The Labute approximate surface area is 221 Å². The molecule has 0 spiro atoms. The minimum absolute atomic E-state index is 0.0290. The van der Waals surface area contributed by atoms with Gasteiger partial charge in [-0.15, -0.1) is 0 Å². The maximum absolute atomic E-state index is 15.4. The van der Waals surface area contributed by atoms with Gasteiger partial charge in [0.05, 0.1) is 29.9 Å². The van der Waals surface area contributed by atoms with Gasteiger partial charge in [-0.2, -0.15) is 0 Å². The molecule has 1 aliphatic rings. The van der Waals surface area contributed by atoms with Crippen LogP contribution in [0.3, 0.4) is 0 Å². The number of likely N-dealkylation sites (tertiary alicyclic amines) is 1. The molecule has 1 aliphatic heterocycles. The van der Waals surface area contributed by atoms with Crippen LogP contribution >= 0.6 is 0 Å². The molecule has 3 aromatic heterocycles. The first-order chi connectivity index (χ1) is 18.9. The Bertz CT molecular complexity index is 1660. The van der Waals surface area contributed by atoms with Crippen LogP contribution in [0.15, 0.2) is 55.0 Å². The van der Waals surface area contributed by atoms with Crippen LogP contribution in [0.5, 0.6) is 11.8 Å². The molecule has 2 atom stereocenters. The topological polar surface area (TPSA) is 89.2 Å². The molecule has 6 rings (SSSR count). The van der Waals surface area contributed by atoms with Crippen LogP contribution in [0, 0.1) is 18.6 Å². The van der Waals surface area contributed by atoms with Gasteiger partial charge in [0.25, 0.3) is 0 Å². The van der Waals surface area contributed by atoms with Crippen molar-refractivity contribution in [3.8, 4) is 22.9 Å². The number of imidazole rings is 1. The third kappa shape index (κ3) is 4.68. The van der Waals surface area contributed by atoms with E-state index in [-0.39, 0.29) is 36.0 Å². The number of hydrogen-bond acceptors (Lipinski definition) is 7. The Morgan fingerprint density at radius 3 is 2.56 bits per heavy atom. The molecule has 5 aromatic rings. The number of benzene rings is 2. The summed E-state index contributed by atoms with van der Waals surface area (Å²) in [6.45, 7) is 3.01. The van der Waals surface area contributed by atoms with Crippen LogP contribution in [-0.4, -0.2) is 66.9 Å². The van der Waals surface area contributed by atoms with E-state index < -0.39 is 23.8 Å². The number of nitrogens with zero attached hydrogens (tertiary/aromatic N) is 6. The van der Waals surface area contributed by atoms with E-state index in [1.807, 2.05) is 9.47 Å². The summed E-state index contributed by atoms with van der Waals surface area (Å²) in [5.74, 6) is -0.546. The average molecular weight is 535 g/mol. The number of aryl methyl sites for hydroxylation is 1. The van der Waals surface area contributed by atoms with Crippen LogP contribution < -0.4 is 4.74 Å². The first-order valence-corrected chi connectivity index (χ1v) is 12.6. The lowest BCUT2D eigenvalue weighted by Gasteiger charge is -2.35. The number of alkyl halides is 1. The highest BCUT2D eigenvalue weighted by molar-refractivity contribution is 6.04. The molecule has 0 aliphatic carbocycles. The van der Waals surface area contributed by atoms with Gasteiger partial charge in [0.15, 0.2) is 0 Å². The van der Waals surface area contributed by atoms with Crippen LogP contribution in [-0.2, 0) is 0 Å². The first-order valence-electron chi connectivity index (χ1n) is 12.6. The summed E-state index contributed by atoms with van der Waals surface area (Å²) in [6, 6.07) is 8.11. The molecule has 0 radical (unpaired) electrons. The summed E-state index contributed by atoms with van der Waals surface area (Å²) in [6.07, 6.45) is 3.88. The molecule has 39 heavy (non-hydrogen) atoms. The molecule has 2 aromatic carbocycles. The monoisotopic (exact) mass is 534 g/mol. The van der Waals surface area contributed by atoms with Crippen molar-refractivity contribution < 1.29 is 23.0 Å². The third-order valence-electron chi connectivity index (χ3n) is 7.10. The van der Waals surface area contributed by atoms with E-state index in [0.29, 0.717) is 47.3 Å². The number of hydrogen-bond donors (Lipinski definition) is 1. The van der Waals surface area contributed by atoms with Crippen molar-refractivity contribution in [3.63, 3.8) is 0 Å². The molecular formula is C28H25F3N6O2. The first kappa shape index (κ1) is 25.2. The second-order valence-corrected chi connectivity index (χ2v) is 9.54. The molecule has 4 heterocycles. The van der Waals surface area contributed by atoms with Gasteiger partial charge in [0, 0.05) is 60.7 Å². The lowest BCUT2D eigenvalue weighted by Crippen LogP contribution is -2.43. The number of pyridine rings is 1. The van der Waals surface area contributed by atoms with Crippen LogP contribution in [0.25, 0.3) is 33.1 Å². The summed E-state index contributed by atoms with van der Waals surface area (Å²) in [4.78, 5) is 18.8. The van der Waals surface area contributed by atoms with Gasteiger partial charge in [-0.1, -0.05) is 0 Å². The molecular weight excluding hydrogens is 509 g/mol. The molecule has 8 nitrogen and oxygen atoms in total. The number of ether oxygens (including phenoxy) is 1. The smallest absolute Gasteiger partial charge is 0.321 e. The zero-order valence-corrected chi connectivity index (χ0v) is 21.1. The SMILES string of the molecule is Cc1nc2cnc3cc(F)c(-c4ccc(Oc5ncccn5)cc4F)cc3c2n1[C@H]1CCN(CCO)C[C@@H]1F. The fourth-order valence-corrected chi connectivity index (χ4v) is 5.34. The molecule has 0 amide bonds. The van der Waals surface area contributed by atoms with Crippen molar-refractivity contribution in [2.24, 2.45) is 0 Å². The Hall–Kier alpha value is -4.09. The molecule has 11 heteroatoms. The van der Waals surface area contributed by atoms with Crippen molar-refractivity contribution in [3.05, 3.63) is 72.4 Å². The highest BCUT2D eigenvalue weighted by atomic mass is 19.1. The zero-order valence-electron chi connectivity index (χ0n) is 21.1. The molecule has 0 unspecified atom stereocenters. The van der Waals surface area contributed by atoms with Gasteiger partial charge in [0.1, 0.15) is 34.9 Å². The standard InChI is InChI=1S/C28H25F3N6O2/c1-16-35-25-14-34-24-13-22(30)19(18-4-3-17(11-21(18)29)39-28-32-6-2-7-33-28)12-20(24)27(25)37(16)26-5-8-36(9-10-38)15-23(26)31/h2-4,6-7,11-14,23,26,38H,5,8-10,15H2,1H3/t23-,26-/m0/s1. The van der Waals surface area contributed by atoms with E-state index >= 15 is 13.2 Å². The van der Waals surface area contributed by atoms with Crippen molar-refractivity contribution in [2.45, 2.75) is 25.6 Å². The Kier molecular flexibility index (Phi) is 6.61.